The van der Waals surface area contributed by atoms with Crippen LogP contribution in [0.15, 0.2) is 41.0 Å². The second-order valence-corrected chi connectivity index (χ2v) is 7.65. The first-order valence-electron chi connectivity index (χ1n) is 9.52. The number of aromatic nitrogens is 4. The number of fused-ring (bicyclic) bond motifs is 3. The van der Waals surface area contributed by atoms with E-state index in [0.717, 1.165) is 40.6 Å². The molecule has 7 nitrogen and oxygen atoms in total. The standard InChI is InChI=1S/C21H21N5O2/c1-13-8-14(2)19-16(9-13)10-17(20-22-23-24-26(19)20)11-25(21(27)15-5-6-15)12-18-4-3-7-28-18/h3-4,7-10,15H,5-6,11-12H2,1-2H3. The third kappa shape index (κ3) is 2.93. The lowest BCUT2D eigenvalue weighted by Crippen LogP contribution is -2.31. The summed E-state index contributed by atoms with van der Waals surface area (Å²) in [6.07, 6.45) is 3.56. The van der Waals surface area contributed by atoms with Crippen molar-refractivity contribution in [1.82, 2.24) is 24.9 Å². The fourth-order valence-electron chi connectivity index (χ4n) is 3.90. The van der Waals surface area contributed by atoms with Crippen molar-refractivity contribution in [2.45, 2.75) is 39.8 Å². The Labute approximate surface area is 161 Å². The first kappa shape index (κ1) is 16.9. The van der Waals surface area contributed by atoms with Crippen LogP contribution in [0.5, 0.6) is 0 Å². The van der Waals surface area contributed by atoms with Gasteiger partial charge in [0.15, 0.2) is 5.65 Å². The molecule has 7 heteroatoms. The van der Waals surface area contributed by atoms with Crippen molar-refractivity contribution in [3.05, 3.63) is 59.0 Å². The third-order valence-electron chi connectivity index (χ3n) is 5.30. The number of benzene rings is 1. The predicted molar refractivity (Wildman–Crippen MR) is 103 cm³/mol. The van der Waals surface area contributed by atoms with Gasteiger partial charge in [0.25, 0.3) is 0 Å². The molecule has 0 spiro atoms. The molecule has 5 rings (SSSR count). The van der Waals surface area contributed by atoms with E-state index in [1.807, 2.05) is 17.0 Å². The van der Waals surface area contributed by atoms with Gasteiger partial charge in [0.2, 0.25) is 5.91 Å². The van der Waals surface area contributed by atoms with Crippen LogP contribution in [0.2, 0.25) is 0 Å². The van der Waals surface area contributed by atoms with E-state index in [4.69, 9.17) is 4.42 Å². The van der Waals surface area contributed by atoms with Gasteiger partial charge in [0, 0.05) is 23.4 Å². The highest BCUT2D eigenvalue weighted by atomic mass is 16.3. The van der Waals surface area contributed by atoms with E-state index in [2.05, 4.69) is 47.6 Å². The average molecular weight is 375 g/mol. The van der Waals surface area contributed by atoms with Crippen LogP contribution < -0.4 is 0 Å². The van der Waals surface area contributed by atoms with Crippen molar-refractivity contribution in [2.24, 2.45) is 5.92 Å². The van der Waals surface area contributed by atoms with E-state index in [0.29, 0.717) is 18.7 Å². The first-order chi connectivity index (χ1) is 13.6. The Morgan fingerprint density at radius 2 is 2.11 bits per heavy atom. The van der Waals surface area contributed by atoms with Crippen LogP contribution in [-0.2, 0) is 17.9 Å². The van der Waals surface area contributed by atoms with E-state index >= 15 is 0 Å². The van der Waals surface area contributed by atoms with Crippen LogP contribution in [0.1, 0.15) is 35.3 Å². The summed E-state index contributed by atoms with van der Waals surface area (Å²) in [5, 5.41) is 13.4. The maximum absolute atomic E-state index is 12.9. The Bertz CT molecular complexity index is 1170. The molecular weight excluding hydrogens is 354 g/mol. The molecule has 0 radical (unpaired) electrons. The maximum atomic E-state index is 12.9. The normalized spacial score (nSPS) is 14.1. The van der Waals surface area contributed by atoms with Gasteiger partial charge in [-0.3, -0.25) is 4.79 Å². The topological polar surface area (TPSA) is 76.5 Å². The van der Waals surface area contributed by atoms with E-state index in [9.17, 15) is 4.79 Å². The van der Waals surface area contributed by atoms with Crippen LogP contribution in [0.3, 0.4) is 0 Å². The predicted octanol–water partition coefficient (Wildman–Crippen LogP) is 3.43. The number of carbonyl (C=O) groups is 1. The van der Waals surface area contributed by atoms with Gasteiger partial charge in [0.05, 0.1) is 18.3 Å². The summed E-state index contributed by atoms with van der Waals surface area (Å²) in [7, 11) is 0. The van der Waals surface area contributed by atoms with Gasteiger partial charge in [-0.2, -0.15) is 4.52 Å². The summed E-state index contributed by atoms with van der Waals surface area (Å²) in [4.78, 5) is 14.8. The number of tetrazole rings is 1. The number of hydrogen-bond acceptors (Lipinski definition) is 5. The third-order valence-corrected chi connectivity index (χ3v) is 5.30. The molecule has 1 fully saturated rings. The van der Waals surface area contributed by atoms with Gasteiger partial charge in [-0.05, 0) is 66.9 Å². The first-order valence-corrected chi connectivity index (χ1v) is 9.52. The van der Waals surface area contributed by atoms with Crippen LogP contribution >= 0.6 is 0 Å². The number of carbonyl (C=O) groups excluding carboxylic acids is 1. The zero-order valence-corrected chi connectivity index (χ0v) is 15.9. The van der Waals surface area contributed by atoms with Crippen LogP contribution in [0.4, 0.5) is 0 Å². The quantitative estimate of drug-likeness (QED) is 0.534. The van der Waals surface area contributed by atoms with E-state index in [1.54, 1.807) is 10.8 Å². The van der Waals surface area contributed by atoms with Crippen molar-refractivity contribution in [2.75, 3.05) is 0 Å². The lowest BCUT2D eigenvalue weighted by atomic mass is 10.0. The van der Waals surface area contributed by atoms with Crippen LogP contribution in [0, 0.1) is 19.8 Å². The minimum absolute atomic E-state index is 0.131. The van der Waals surface area contributed by atoms with Crippen molar-refractivity contribution in [3.63, 3.8) is 0 Å². The highest BCUT2D eigenvalue weighted by molar-refractivity contribution is 5.87. The summed E-state index contributed by atoms with van der Waals surface area (Å²) in [5.74, 6) is 1.08. The van der Waals surface area contributed by atoms with Crippen molar-refractivity contribution >= 4 is 22.5 Å². The maximum Gasteiger partial charge on any atom is 0.226 e. The lowest BCUT2D eigenvalue weighted by molar-refractivity contribution is -0.134. The average Bonchev–Trinajstić information content (AvgIpc) is 3.16. The highest BCUT2D eigenvalue weighted by Gasteiger charge is 2.34. The molecule has 0 aliphatic heterocycles. The number of rotatable bonds is 5. The lowest BCUT2D eigenvalue weighted by Gasteiger charge is -2.22. The molecule has 1 aliphatic carbocycles. The second kappa shape index (κ2) is 6.44. The highest BCUT2D eigenvalue weighted by Crippen LogP contribution is 2.33. The molecule has 1 amide bonds. The molecule has 1 aliphatic rings. The summed E-state index contributed by atoms with van der Waals surface area (Å²) < 4.78 is 7.27. The Morgan fingerprint density at radius 3 is 2.86 bits per heavy atom. The molecule has 0 atom stereocenters. The SMILES string of the molecule is Cc1cc(C)c2c(c1)cc(CN(Cc1ccco1)C(=O)C1CC1)c1nnnn12. The van der Waals surface area contributed by atoms with Gasteiger partial charge in [-0.25, -0.2) is 0 Å². The van der Waals surface area contributed by atoms with E-state index < -0.39 is 0 Å². The Morgan fingerprint density at radius 1 is 1.25 bits per heavy atom. The van der Waals surface area contributed by atoms with Crippen LogP contribution in [-0.4, -0.2) is 30.8 Å². The van der Waals surface area contributed by atoms with Gasteiger partial charge in [0.1, 0.15) is 5.76 Å². The van der Waals surface area contributed by atoms with Crippen LogP contribution in [0.25, 0.3) is 16.6 Å². The minimum Gasteiger partial charge on any atom is -0.467 e. The summed E-state index contributed by atoms with van der Waals surface area (Å²) in [6.45, 7) is 5.04. The molecule has 142 valence electrons. The number of furan rings is 1. The summed E-state index contributed by atoms with van der Waals surface area (Å²) in [5.41, 5.74) is 4.93. The van der Waals surface area contributed by atoms with Crippen molar-refractivity contribution in [3.8, 4) is 0 Å². The van der Waals surface area contributed by atoms with Gasteiger partial charge >= 0.3 is 0 Å². The number of hydrogen-bond donors (Lipinski definition) is 0. The molecule has 4 aromatic rings. The van der Waals surface area contributed by atoms with Gasteiger partial charge in [-0.15, -0.1) is 5.10 Å². The molecule has 0 bridgehead atoms. The Kier molecular flexibility index (Phi) is 3.89. The van der Waals surface area contributed by atoms with Crippen molar-refractivity contribution < 1.29 is 9.21 Å². The zero-order valence-electron chi connectivity index (χ0n) is 15.9. The molecule has 0 unspecified atom stereocenters. The summed E-state index contributed by atoms with van der Waals surface area (Å²) >= 11 is 0. The van der Waals surface area contributed by atoms with Crippen molar-refractivity contribution in [1.29, 1.82) is 0 Å². The molecular formula is C21H21N5O2. The Balaban J connectivity index is 1.59. The zero-order chi connectivity index (χ0) is 19.3. The van der Waals surface area contributed by atoms with Gasteiger partial charge < -0.3 is 9.32 Å². The monoisotopic (exact) mass is 375 g/mol. The van der Waals surface area contributed by atoms with E-state index in [1.165, 1.54) is 5.56 Å². The molecule has 28 heavy (non-hydrogen) atoms. The second-order valence-electron chi connectivity index (χ2n) is 7.65. The largest absolute Gasteiger partial charge is 0.467 e. The fourth-order valence-corrected chi connectivity index (χ4v) is 3.90. The molecule has 3 heterocycles. The molecule has 0 saturated heterocycles. The number of nitrogens with zero attached hydrogens (tertiary/aromatic N) is 5. The molecule has 0 N–H and O–H groups in total. The molecule has 3 aromatic heterocycles. The fraction of sp³-hybridized carbons (Fsp3) is 0.333. The number of pyridine rings is 1. The van der Waals surface area contributed by atoms with Gasteiger partial charge in [-0.1, -0.05) is 11.6 Å². The Hall–Kier alpha value is -3.22. The molecule has 1 aromatic carbocycles. The summed E-state index contributed by atoms with van der Waals surface area (Å²) in [6, 6.07) is 10.1. The number of amides is 1. The molecule has 1 saturated carbocycles. The minimum atomic E-state index is 0.131. The van der Waals surface area contributed by atoms with E-state index in [-0.39, 0.29) is 11.8 Å². The number of aryl methyl sites for hydroxylation is 2. The smallest absolute Gasteiger partial charge is 0.226 e.